The van der Waals surface area contributed by atoms with Gasteiger partial charge in [-0.3, -0.25) is 0 Å². The number of hydrogen-bond acceptors (Lipinski definition) is 5. The summed E-state index contributed by atoms with van der Waals surface area (Å²) in [5.74, 6) is 1.85. The van der Waals surface area contributed by atoms with Gasteiger partial charge in [0.25, 0.3) is 0 Å². The average Bonchev–Trinajstić information content (AvgIpc) is 3.25. The standard InChI is InChI=1S/C26H20N2O3/c29-22-10-4-6-17-12-14-23(28-24(17)22)30-19-8-3-7-18(15-19)26-27-21-13-11-16-5-1-2-9-20(16)25(21)31-26/h1-10,12,14-15,21,25,29H,11,13H2/t21-,25-/m0/s1. The normalized spacial score (nSPS) is 19.3. The number of hydrogen-bond donors (Lipinski definition) is 1. The van der Waals surface area contributed by atoms with Crippen LogP contribution in [0, 0.1) is 0 Å². The molecule has 1 aliphatic heterocycles. The van der Waals surface area contributed by atoms with Gasteiger partial charge in [0.15, 0.2) is 0 Å². The van der Waals surface area contributed by atoms with Crippen molar-refractivity contribution in [3.05, 3.63) is 95.6 Å². The lowest BCUT2D eigenvalue weighted by atomic mass is 9.86. The molecule has 31 heavy (non-hydrogen) atoms. The first-order valence-corrected chi connectivity index (χ1v) is 10.4. The Labute approximate surface area is 179 Å². The number of phenols is 1. The number of benzene rings is 3. The Morgan fingerprint density at radius 2 is 1.84 bits per heavy atom. The fourth-order valence-electron chi connectivity index (χ4n) is 4.40. The molecule has 2 aliphatic rings. The minimum Gasteiger partial charge on any atom is -0.506 e. The lowest BCUT2D eigenvalue weighted by molar-refractivity contribution is 0.183. The van der Waals surface area contributed by atoms with Crippen molar-refractivity contribution in [1.82, 2.24) is 4.98 Å². The molecule has 0 saturated carbocycles. The fourth-order valence-corrected chi connectivity index (χ4v) is 4.40. The fraction of sp³-hybridized carbons (Fsp3) is 0.154. The van der Waals surface area contributed by atoms with E-state index in [1.807, 2.05) is 36.4 Å². The molecule has 2 atom stereocenters. The quantitative estimate of drug-likeness (QED) is 0.482. The van der Waals surface area contributed by atoms with Gasteiger partial charge >= 0.3 is 0 Å². The van der Waals surface area contributed by atoms with Gasteiger partial charge in [-0.25, -0.2) is 9.98 Å². The van der Waals surface area contributed by atoms with E-state index >= 15 is 0 Å². The number of aryl methyl sites for hydroxylation is 1. The maximum atomic E-state index is 10.1. The molecule has 1 aromatic heterocycles. The molecule has 0 fully saturated rings. The molecule has 0 radical (unpaired) electrons. The van der Waals surface area contributed by atoms with Gasteiger partial charge in [-0.05, 0) is 54.3 Å². The van der Waals surface area contributed by atoms with E-state index in [-0.39, 0.29) is 17.9 Å². The zero-order chi connectivity index (χ0) is 20.8. The number of aliphatic imine (C=N–C) groups is 1. The Hall–Kier alpha value is -3.86. The van der Waals surface area contributed by atoms with Crippen LogP contribution in [0.15, 0.2) is 83.9 Å². The highest BCUT2D eigenvalue weighted by atomic mass is 16.5. The van der Waals surface area contributed by atoms with Gasteiger partial charge < -0.3 is 14.6 Å². The third-order valence-corrected chi connectivity index (χ3v) is 5.92. The number of phenolic OH excluding ortho intramolecular Hbond substituents is 1. The highest BCUT2D eigenvalue weighted by Crippen LogP contribution is 2.39. The highest BCUT2D eigenvalue weighted by Gasteiger charge is 2.36. The second-order valence-electron chi connectivity index (χ2n) is 7.91. The topological polar surface area (TPSA) is 63.9 Å². The van der Waals surface area contributed by atoms with Crippen LogP contribution in [0.2, 0.25) is 0 Å². The zero-order valence-electron chi connectivity index (χ0n) is 16.7. The lowest BCUT2D eigenvalue weighted by Gasteiger charge is -2.25. The van der Waals surface area contributed by atoms with Gasteiger partial charge in [0.1, 0.15) is 23.1 Å². The van der Waals surface area contributed by atoms with E-state index in [9.17, 15) is 5.11 Å². The second kappa shape index (κ2) is 7.13. The molecule has 0 amide bonds. The summed E-state index contributed by atoms with van der Waals surface area (Å²) in [7, 11) is 0. The Bertz CT molecular complexity index is 1330. The number of aromatic hydroxyl groups is 1. The van der Waals surface area contributed by atoms with Crippen molar-refractivity contribution in [2.75, 3.05) is 0 Å². The SMILES string of the molecule is Oc1cccc2ccc(Oc3cccc(C4=N[C@H]5CCc6ccccc6[C@@H]5O4)c3)nc12. The van der Waals surface area contributed by atoms with Crippen molar-refractivity contribution in [2.24, 2.45) is 4.99 Å². The summed E-state index contributed by atoms with van der Waals surface area (Å²) in [6.07, 6.45) is 2.00. The van der Waals surface area contributed by atoms with Crippen molar-refractivity contribution in [3.8, 4) is 17.4 Å². The van der Waals surface area contributed by atoms with E-state index < -0.39 is 0 Å². The summed E-state index contributed by atoms with van der Waals surface area (Å²) < 4.78 is 12.3. The Kier molecular flexibility index (Phi) is 4.13. The van der Waals surface area contributed by atoms with Crippen LogP contribution in [-0.4, -0.2) is 22.0 Å². The van der Waals surface area contributed by atoms with E-state index in [0.29, 0.717) is 23.0 Å². The molecule has 3 aromatic carbocycles. The van der Waals surface area contributed by atoms with Crippen LogP contribution in [0.5, 0.6) is 17.4 Å². The largest absolute Gasteiger partial charge is 0.506 e. The molecule has 0 bridgehead atoms. The van der Waals surface area contributed by atoms with Crippen LogP contribution in [0.4, 0.5) is 0 Å². The number of nitrogens with zero attached hydrogens (tertiary/aromatic N) is 2. The Balaban J connectivity index is 1.27. The number of aromatic nitrogens is 1. The van der Waals surface area contributed by atoms with Crippen LogP contribution in [-0.2, 0) is 11.2 Å². The van der Waals surface area contributed by atoms with Gasteiger partial charge in [-0.2, -0.15) is 0 Å². The molecule has 4 aromatic rings. The second-order valence-corrected chi connectivity index (χ2v) is 7.91. The van der Waals surface area contributed by atoms with Crippen molar-refractivity contribution in [3.63, 3.8) is 0 Å². The summed E-state index contributed by atoms with van der Waals surface area (Å²) in [5.41, 5.74) is 3.99. The molecule has 5 nitrogen and oxygen atoms in total. The summed E-state index contributed by atoms with van der Waals surface area (Å²) in [6.45, 7) is 0. The molecule has 6 rings (SSSR count). The van der Waals surface area contributed by atoms with Gasteiger partial charge in [0, 0.05) is 17.0 Å². The molecular weight excluding hydrogens is 388 g/mol. The predicted octanol–water partition coefficient (Wildman–Crippen LogP) is 5.57. The summed E-state index contributed by atoms with van der Waals surface area (Å²) in [4.78, 5) is 9.32. The van der Waals surface area contributed by atoms with Gasteiger partial charge in [-0.1, -0.05) is 42.5 Å². The minimum atomic E-state index is -0.0188. The van der Waals surface area contributed by atoms with Crippen LogP contribution in [0.1, 0.15) is 29.2 Å². The molecular formula is C26H20N2O3. The number of ether oxygens (including phenoxy) is 2. The molecule has 1 aliphatic carbocycles. The van der Waals surface area contributed by atoms with E-state index in [1.54, 1.807) is 18.2 Å². The van der Waals surface area contributed by atoms with Crippen LogP contribution in [0.25, 0.3) is 10.9 Å². The number of pyridine rings is 1. The number of para-hydroxylation sites is 1. The molecule has 0 unspecified atom stereocenters. The first-order chi connectivity index (χ1) is 15.2. The number of rotatable bonds is 3. The maximum absolute atomic E-state index is 10.1. The molecule has 1 N–H and O–H groups in total. The molecule has 152 valence electrons. The smallest absolute Gasteiger partial charge is 0.219 e. The summed E-state index contributed by atoms with van der Waals surface area (Å²) >= 11 is 0. The Morgan fingerprint density at radius 1 is 0.935 bits per heavy atom. The maximum Gasteiger partial charge on any atom is 0.219 e. The predicted molar refractivity (Wildman–Crippen MR) is 119 cm³/mol. The third kappa shape index (κ3) is 3.19. The average molecular weight is 408 g/mol. The summed E-state index contributed by atoms with van der Waals surface area (Å²) in [6, 6.07) is 25.3. The van der Waals surface area contributed by atoms with Crippen molar-refractivity contribution in [1.29, 1.82) is 0 Å². The monoisotopic (exact) mass is 408 g/mol. The van der Waals surface area contributed by atoms with E-state index in [2.05, 4.69) is 29.2 Å². The van der Waals surface area contributed by atoms with E-state index in [4.69, 9.17) is 14.5 Å². The molecule has 2 heterocycles. The number of fused-ring (bicyclic) bond motifs is 4. The molecule has 0 spiro atoms. The Morgan fingerprint density at radius 3 is 2.81 bits per heavy atom. The van der Waals surface area contributed by atoms with Crippen molar-refractivity contribution in [2.45, 2.75) is 25.0 Å². The van der Waals surface area contributed by atoms with Gasteiger partial charge in [-0.15, -0.1) is 0 Å². The van der Waals surface area contributed by atoms with Crippen LogP contribution >= 0.6 is 0 Å². The molecule has 5 heteroatoms. The van der Waals surface area contributed by atoms with Crippen LogP contribution in [0.3, 0.4) is 0 Å². The van der Waals surface area contributed by atoms with E-state index in [0.717, 1.165) is 23.8 Å². The highest BCUT2D eigenvalue weighted by molar-refractivity contribution is 5.96. The molecule has 0 saturated heterocycles. The first-order valence-electron chi connectivity index (χ1n) is 10.4. The zero-order valence-corrected chi connectivity index (χ0v) is 16.7. The lowest BCUT2D eigenvalue weighted by Crippen LogP contribution is -2.21. The minimum absolute atomic E-state index is 0.0188. The third-order valence-electron chi connectivity index (χ3n) is 5.92. The van der Waals surface area contributed by atoms with E-state index in [1.165, 1.54) is 11.1 Å². The van der Waals surface area contributed by atoms with Crippen molar-refractivity contribution < 1.29 is 14.6 Å². The van der Waals surface area contributed by atoms with Crippen molar-refractivity contribution >= 4 is 16.8 Å². The van der Waals surface area contributed by atoms with Gasteiger partial charge in [0.2, 0.25) is 11.8 Å². The van der Waals surface area contributed by atoms with Gasteiger partial charge in [0.05, 0.1) is 6.04 Å². The summed E-state index contributed by atoms with van der Waals surface area (Å²) in [5, 5.41) is 10.9. The van der Waals surface area contributed by atoms with Crippen LogP contribution < -0.4 is 4.74 Å². The first kappa shape index (κ1) is 18.0.